The van der Waals surface area contributed by atoms with Crippen LogP contribution in [0.15, 0.2) is 24.5 Å². The highest BCUT2D eigenvalue weighted by Gasteiger charge is 2.27. The zero-order chi connectivity index (χ0) is 19.8. The first kappa shape index (κ1) is 18.2. The number of ether oxygens (including phenoxy) is 1. The van der Waals surface area contributed by atoms with Crippen LogP contribution in [0, 0.1) is 0 Å². The summed E-state index contributed by atoms with van der Waals surface area (Å²) in [5.74, 6) is 1.61. The lowest BCUT2D eigenvalue weighted by atomic mass is 9.82. The van der Waals surface area contributed by atoms with Crippen LogP contribution >= 0.6 is 0 Å². The zero-order valence-corrected chi connectivity index (χ0v) is 16.3. The van der Waals surface area contributed by atoms with Gasteiger partial charge in [-0.1, -0.05) is 6.42 Å². The van der Waals surface area contributed by atoms with Crippen molar-refractivity contribution in [3.63, 3.8) is 0 Å². The number of hydrogen-bond donors (Lipinski definition) is 2. The Hall–Kier alpha value is -2.81. The van der Waals surface area contributed by atoms with E-state index in [2.05, 4.69) is 25.6 Å². The molecule has 2 aliphatic rings. The molecule has 1 saturated carbocycles. The van der Waals surface area contributed by atoms with E-state index in [0.29, 0.717) is 42.7 Å². The van der Waals surface area contributed by atoms with Gasteiger partial charge >= 0.3 is 0 Å². The average molecular weight is 397 g/mol. The molecule has 0 amide bonds. The number of imidazole rings is 1. The number of piperidine rings is 1. The molecule has 29 heavy (non-hydrogen) atoms. The normalized spacial score (nSPS) is 22.4. The second-order valence-electron chi connectivity index (χ2n) is 7.66. The van der Waals surface area contributed by atoms with Crippen LogP contribution < -0.4 is 15.4 Å². The monoisotopic (exact) mass is 397 g/mol. The number of anilines is 1. The molecule has 3 aromatic rings. The minimum atomic E-state index is -0.918. The van der Waals surface area contributed by atoms with Crippen molar-refractivity contribution in [2.45, 2.75) is 43.8 Å². The fourth-order valence-electron chi connectivity index (χ4n) is 3.92. The molecule has 0 spiro atoms. The van der Waals surface area contributed by atoms with Crippen molar-refractivity contribution in [2.24, 2.45) is 0 Å². The Bertz CT molecular complexity index is 1020. The lowest BCUT2D eigenvalue weighted by molar-refractivity contribution is 0.240. The van der Waals surface area contributed by atoms with Crippen molar-refractivity contribution in [3.05, 3.63) is 30.2 Å². The van der Waals surface area contributed by atoms with E-state index in [1.807, 2.05) is 16.6 Å². The molecule has 9 heteroatoms. The summed E-state index contributed by atoms with van der Waals surface area (Å²) < 4.78 is 21.5. The van der Waals surface area contributed by atoms with Crippen LogP contribution in [0.25, 0.3) is 17.0 Å². The minimum absolute atomic E-state index is 0.339. The Balaban J connectivity index is 1.49. The smallest absolute Gasteiger partial charge is 0.223 e. The summed E-state index contributed by atoms with van der Waals surface area (Å²) in [5, 5.41) is 11.2. The van der Waals surface area contributed by atoms with E-state index < -0.39 is 6.17 Å². The molecular formula is C20H24FN7O. The van der Waals surface area contributed by atoms with Gasteiger partial charge in [0.15, 0.2) is 5.65 Å². The van der Waals surface area contributed by atoms with Crippen LogP contribution in [0.2, 0.25) is 0 Å². The van der Waals surface area contributed by atoms with Crippen LogP contribution in [-0.4, -0.2) is 57.0 Å². The van der Waals surface area contributed by atoms with Gasteiger partial charge in [0.05, 0.1) is 25.0 Å². The number of aromatic nitrogens is 5. The van der Waals surface area contributed by atoms with Crippen LogP contribution in [0.4, 0.5) is 10.3 Å². The van der Waals surface area contributed by atoms with E-state index in [1.54, 1.807) is 19.5 Å². The molecule has 3 aromatic heterocycles. The van der Waals surface area contributed by atoms with Gasteiger partial charge in [0, 0.05) is 24.7 Å². The molecule has 0 aromatic carbocycles. The molecule has 8 nitrogen and oxygen atoms in total. The largest absolute Gasteiger partial charge is 0.495 e. The van der Waals surface area contributed by atoms with E-state index in [4.69, 9.17) is 9.84 Å². The molecule has 1 saturated heterocycles. The molecule has 0 unspecified atom stereocenters. The van der Waals surface area contributed by atoms with Gasteiger partial charge < -0.3 is 15.4 Å². The van der Waals surface area contributed by atoms with Crippen LogP contribution in [0.5, 0.6) is 5.75 Å². The predicted molar refractivity (Wildman–Crippen MR) is 107 cm³/mol. The van der Waals surface area contributed by atoms with Crippen molar-refractivity contribution in [2.75, 3.05) is 25.5 Å². The van der Waals surface area contributed by atoms with Crippen LogP contribution in [0.3, 0.4) is 0 Å². The Morgan fingerprint density at radius 3 is 2.93 bits per heavy atom. The van der Waals surface area contributed by atoms with Gasteiger partial charge in [0.1, 0.15) is 23.3 Å². The highest BCUT2D eigenvalue weighted by atomic mass is 19.1. The van der Waals surface area contributed by atoms with Gasteiger partial charge in [-0.25, -0.2) is 23.9 Å². The topological polar surface area (TPSA) is 89.3 Å². The third-order valence-electron chi connectivity index (χ3n) is 5.83. The fourth-order valence-corrected chi connectivity index (χ4v) is 3.92. The number of nitrogens with one attached hydrogen (secondary N) is 2. The Labute approximate surface area is 167 Å². The molecule has 152 valence electrons. The Morgan fingerprint density at radius 2 is 2.17 bits per heavy atom. The lowest BCUT2D eigenvalue weighted by Crippen LogP contribution is -2.46. The van der Waals surface area contributed by atoms with E-state index in [1.165, 1.54) is 6.42 Å². The van der Waals surface area contributed by atoms with Gasteiger partial charge in [-0.2, -0.15) is 5.10 Å². The number of alkyl halides is 1. The summed E-state index contributed by atoms with van der Waals surface area (Å²) in [6.07, 6.45) is 6.46. The first-order valence-corrected chi connectivity index (χ1v) is 10.1. The minimum Gasteiger partial charge on any atom is -0.495 e. The number of hydrogen-bond acceptors (Lipinski definition) is 7. The van der Waals surface area contributed by atoms with E-state index >= 15 is 0 Å². The summed E-state index contributed by atoms with van der Waals surface area (Å²) in [6.45, 7) is 1.25. The van der Waals surface area contributed by atoms with Crippen molar-refractivity contribution < 1.29 is 9.13 Å². The van der Waals surface area contributed by atoms with Gasteiger partial charge in [0.2, 0.25) is 5.95 Å². The maximum absolute atomic E-state index is 14.2. The van der Waals surface area contributed by atoms with Crippen molar-refractivity contribution in [1.82, 2.24) is 29.9 Å². The number of fused-ring (bicyclic) bond motifs is 1. The SMILES string of the molecule is COc1cc2ncc(-c3ccnc(N[C@H]4CNCC[C@@H]4F)n3)n2nc1C1CCC1. The molecule has 1 aliphatic heterocycles. The molecule has 2 atom stereocenters. The predicted octanol–water partition coefficient (Wildman–Crippen LogP) is 2.57. The quantitative estimate of drug-likeness (QED) is 0.684. The Morgan fingerprint density at radius 1 is 1.28 bits per heavy atom. The molecule has 2 fully saturated rings. The van der Waals surface area contributed by atoms with Gasteiger partial charge in [-0.05, 0) is 31.9 Å². The Kier molecular flexibility index (Phi) is 4.75. The first-order chi connectivity index (χ1) is 14.2. The van der Waals surface area contributed by atoms with E-state index in [0.717, 1.165) is 30.0 Å². The van der Waals surface area contributed by atoms with Gasteiger partial charge in [0.25, 0.3) is 0 Å². The van der Waals surface area contributed by atoms with Crippen molar-refractivity contribution in [3.8, 4) is 17.1 Å². The molecule has 4 heterocycles. The third kappa shape index (κ3) is 3.39. The third-order valence-corrected chi connectivity index (χ3v) is 5.83. The van der Waals surface area contributed by atoms with Crippen molar-refractivity contribution in [1.29, 1.82) is 0 Å². The lowest BCUT2D eigenvalue weighted by Gasteiger charge is -2.27. The van der Waals surface area contributed by atoms with E-state index in [9.17, 15) is 4.39 Å². The molecule has 0 bridgehead atoms. The number of nitrogens with zero attached hydrogens (tertiary/aromatic N) is 5. The summed E-state index contributed by atoms with van der Waals surface area (Å²) in [6, 6.07) is 3.40. The zero-order valence-electron chi connectivity index (χ0n) is 16.3. The van der Waals surface area contributed by atoms with Crippen LogP contribution in [0.1, 0.15) is 37.3 Å². The standard InChI is InChI=1S/C20H24FN7O/c1-29-17-9-18-24-11-16(28(18)27-19(17)12-3-2-4-12)14-6-8-23-20(25-14)26-15-10-22-7-5-13(15)21/h6,8-9,11-13,15,22H,2-5,7,10H2,1H3,(H,23,25,26)/t13-,15-/m0/s1. The summed E-state index contributed by atoms with van der Waals surface area (Å²) in [4.78, 5) is 13.3. The van der Waals surface area contributed by atoms with Crippen molar-refractivity contribution >= 4 is 11.6 Å². The first-order valence-electron chi connectivity index (χ1n) is 10.1. The summed E-state index contributed by atoms with van der Waals surface area (Å²) in [7, 11) is 1.67. The highest BCUT2D eigenvalue weighted by Crippen LogP contribution is 2.40. The summed E-state index contributed by atoms with van der Waals surface area (Å²) in [5.41, 5.74) is 3.12. The van der Waals surface area contributed by atoms with Gasteiger partial charge in [-0.3, -0.25) is 0 Å². The summed E-state index contributed by atoms with van der Waals surface area (Å²) >= 11 is 0. The molecule has 5 rings (SSSR count). The number of halogens is 1. The average Bonchev–Trinajstić information content (AvgIpc) is 3.11. The van der Waals surface area contributed by atoms with Crippen LogP contribution in [-0.2, 0) is 0 Å². The maximum atomic E-state index is 14.2. The molecule has 2 N–H and O–H groups in total. The second-order valence-corrected chi connectivity index (χ2v) is 7.66. The number of methoxy groups -OCH3 is 1. The maximum Gasteiger partial charge on any atom is 0.223 e. The second kappa shape index (κ2) is 7.55. The number of rotatable bonds is 5. The van der Waals surface area contributed by atoms with Gasteiger partial charge in [-0.15, -0.1) is 0 Å². The molecule has 0 radical (unpaired) electrons. The molecular weight excluding hydrogens is 373 g/mol. The van der Waals surface area contributed by atoms with E-state index in [-0.39, 0.29) is 6.04 Å². The highest BCUT2D eigenvalue weighted by molar-refractivity contribution is 5.61. The molecule has 1 aliphatic carbocycles. The fraction of sp³-hybridized carbons (Fsp3) is 0.500.